The van der Waals surface area contributed by atoms with E-state index in [0.29, 0.717) is 24.5 Å². The van der Waals surface area contributed by atoms with Crippen LogP contribution in [-0.4, -0.2) is 36.6 Å². The molecule has 0 fully saturated rings. The number of hydrogen-bond acceptors (Lipinski definition) is 5. The molecule has 0 unspecified atom stereocenters. The number of imidazole rings is 1. The first-order valence-corrected chi connectivity index (χ1v) is 8.23. The lowest BCUT2D eigenvalue weighted by molar-refractivity contribution is 0.415. The molecule has 132 valence electrons. The van der Waals surface area contributed by atoms with Gasteiger partial charge in [-0.1, -0.05) is 5.21 Å². The second-order valence-electron chi connectivity index (χ2n) is 6.03. The SMILES string of the molecule is COc1ccc2[nH]c(=O)c(-c3nccn3CCn3cc(C)nn3)cc2c1. The maximum Gasteiger partial charge on any atom is 0.259 e. The van der Waals surface area contributed by atoms with Crippen molar-refractivity contribution in [3.63, 3.8) is 0 Å². The Bertz CT molecular complexity index is 1120. The highest BCUT2D eigenvalue weighted by molar-refractivity contribution is 5.83. The van der Waals surface area contributed by atoms with Crippen molar-refractivity contribution < 1.29 is 4.74 Å². The molecule has 0 spiro atoms. The smallest absolute Gasteiger partial charge is 0.259 e. The molecule has 4 aromatic rings. The zero-order valence-corrected chi connectivity index (χ0v) is 14.5. The highest BCUT2D eigenvalue weighted by Gasteiger charge is 2.12. The van der Waals surface area contributed by atoms with Crippen LogP contribution in [0.2, 0.25) is 0 Å². The van der Waals surface area contributed by atoms with Gasteiger partial charge in [-0.2, -0.15) is 0 Å². The molecule has 0 amide bonds. The van der Waals surface area contributed by atoms with Crippen LogP contribution >= 0.6 is 0 Å². The van der Waals surface area contributed by atoms with E-state index in [9.17, 15) is 4.79 Å². The third-order valence-electron chi connectivity index (χ3n) is 4.23. The van der Waals surface area contributed by atoms with Gasteiger partial charge in [0.25, 0.3) is 5.56 Å². The van der Waals surface area contributed by atoms with Crippen molar-refractivity contribution in [2.45, 2.75) is 20.0 Å². The monoisotopic (exact) mass is 350 g/mol. The number of aromatic nitrogens is 6. The summed E-state index contributed by atoms with van der Waals surface area (Å²) in [7, 11) is 1.62. The van der Waals surface area contributed by atoms with Crippen LogP contribution in [0.5, 0.6) is 5.75 Å². The lowest BCUT2D eigenvalue weighted by atomic mass is 10.1. The number of pyridine rings is 1. The summed E-state index contributed by atoms with van der Waals surface area (Å²) in [6, 6.07) is 7.38. The molecule has 0 aliphatic rings. The molecule has 0 radical (unpaired) electrons. The van der Waals surface area contributed by atoms with E-state index in [0.717, 1.165) is 22.3 Å². The van der Waals surface area contributed by atoms with E-state index in [2.05, 4.69) is 20.3 Å². The molecule has 8 heteroatoms. The maximum absolute atomic E-state index is 12.5. The summed E-state index contributed by atoms with van der Waals surface area (Å²) < 4.78 is 8.98. The Morgan fingerprint density at radius 3 is 2.88 bits per heavy atom. The van der Waals surface area contributed by atoms with E-state index >= 15 is 0 Å². The average Bonchev–Trinajstić information content (AvgIpc) is 3.27. The number of H-pyrrole nitrogens is 1. The van der Waals surface area contributed by atoms with Crippen molar-refractivity contribution in [1.82, 2.24) is 29.5 Å². The van der Waals surface area contributed by atoms with Crippen LogP contribution in [0.4, 0.5) is 0 Å². The van der Waals surface area contributed by atoms with Crippen LogP contribution in [0, 0.1) is 6.92 Å². The standard InChI is InChI=1S/C18H18N6O2/c1-12-11-24(22-21-12)8-7-23-6-5-19-17(23)15-10-13-9-14(26-2)3-4-16(13)20-18(15)25/h3-6,9-11H,7-8H2,1-2H3,(H,20,25). The first kappa shape index (κ1) is 16.1. The number of fused-ring (bicyclic) bond motifs is 1. The topological polar surface area (TPSA) is 90.6 Å². The van der Waals surface area contributed by atoms with Gasteiger partial charge in [0.05, 0.1) is 24.9 Å². The molecule has 0 saturated carbocycles. The van der Waals surface area contributed by atoms with E-state index in [4.69, 9.17) is 4.74 Å². The molecule has 0 saturated heterocycles. The second kappa shape index (κ2) is 6.47. The van der Waals surface area contributed by atoms with Crippen molar-refractivity contribution >= 4 is 10.9 Å². The number of methoxy groups -OCH3 is 1. The Labute approximate surface area is 149 Å². The van der Waals surface area contributed by atoms with Crippen molar-refractivity contribution in [2.75, 3.05) is 7.11 Å². The summed E-state index contributed by atoms with van der Waals surface area (Å²) in [6.07, 6.45) is 5.43. The molecule has 0 atom stereocenters. The third kappa shape index (κ3) is 2.97. The molecule has 26 heavy (non-hydrogen) atoms. The Morgan fingerprint density at radius 1 is 1.23 bits per heavy atom. The van der Waals surface area contributed by atoms with E-state index < -0.39 is 0 Å². The quantitative estimate of drug-likeness (QED) is 0.594. The molecule has 3 aromatic heterocycles. The number of hydrogen-bond donors (Lipinski definition) is 1. The number of benzene rings is 1. The van der Waals surface area contributed by atoms with Gasteiger partial charge in [0.1, 0.15) is 11.6 Å². The Balaban J connectivity index is 1.70. The van der Waals surface area contributed by atoms with Crippen LogP contribution in [0.15, 0.2) is 47.7 Å². The molecule has 0 aliphatic heterocycles. The minimum atomic E-state index is -0.174. The number of nitrogens with one attached hydrogen (secondary N) is 1. The van der Waals surface area contributed by atoms with Crippen LogP contribution in [0.3, 0.4) is 0 Å². The van der Waals surface area contributed by atoms with Gasteiger partial charge in [0, 0.05) is 36.0 Å². The molecular formula is C18H18N6O2. The molecule has 8 nitrogen and oxygen atoms in total. The number of aromatic amines is 1. The lowest BCUT2D eigenvalue weighted by Gasteiger charge is -2.09. The first-order chi connectivity index (χ1) is 12.6. The molecule has 1 aromatic carbocycles. The molecular weight excluding hydrogens is 332 g/mol. The molecule has 1 N–H and O–H groups in total. The molecule has 3 heterocycles. The minimum Gasteiger partial charge on any atom is -0.497 e. The predicted molar refractivity (Wildman–Crippen MR) is 97.1 cm³/mol. The van der Waals surface area contributed by atoms with Crippen molar-refractivity contribution in [3.05, 3.63) is 58.9 Å². The molecule has 0 aliphatic carbocycles. The second-order valence-corrected chi connectivity index (χ2v) is 6.03. The number of ether oxygens (including phenoxy) is 1. The fourth-order valence-electron chi connectivity index (χ4n) is 2.93. The van der Waals surface area contributed by atoms with Gasteiger partial charge < -0.3 is 14.3 Å². The highest BCUT2D eigenvalue weighted by atomic mass is 16.5. The zero-order chi connectivity index (χ0) is 18.1. The van der Waals surface area contributed by atoms with Gasteiger partial charge in [0.2, 0.25) is 0 Å². The molecule has 0 bridgehead atoms. The van der Waals surface area contributed by atoms with E-state index in [1.54, 1.807) is 18.0 Å². The van der Waals surface area contributed by atoms with Crippen LogP contribution in [0.25, 0.3) is 22.3 Å². The number of nitrogens with zero attached hydrogens (tertiary/aromatic N) is 5. The summed E-state index contributed by atoms with van der Waals surface area (Å²) in [5.41, 5.74) is 1.98. The van der Waals surface area contributed by atoms with E-state index in [1.165, 1.54) is 0 Å². The van der Waals surface area contributed by atoms with Gasteiger partial charge in [-0.3, -0.25) is 9.48 Å². The van der Waals surface area contributed by atoms with Crippen molar-refractivity contribution in [2.24, 2.45) is 0 Å². The Kier molecular flexibility index (Phi) is 4.00. The highest BCUT2D eigenvalue weighted by Crippen LogP contribution is 2.22. The largest absolute Gasteiger partial charge is 0.497 e. The Morgan fingerprint density at radius 2 is 2.12 bits per heavy atom. The summed E-state index contributed by atoms with van der Waals surface area (Å²) >= 11 is 0. The minimum absolute atomic E-state index is 0.174. The Hall–Kier alpha value is -3.42. The number of aryl methyl sites for hydroxylation is 3. The first-order valence-electron chi connectivity index (χ1n) is 8.23. The normalized spacial score (nSPS) is 11.2. The van der Waals surface area contributed by atoms with Gasteiger partial charge in [-0.25, -0.2) is 4.98 Å². The third-order valence-corrected chi connectivity index (χ3v) is 4.23. The van der Waals surface area contributed by atoms with Crippen LogP contribution in [-0.2, 0) is 13.1 Å². The summed E-state index contributed by atoms with van der Waals surface area (Å²) in [4.78, 5) is 19.8. The van der Waals surface area contributed by atoms with Gasteiger partial charge in [-0.05, 0) is 31.2 Å². The molecule has 4 rings (SSSR count). The maximum atomic E-state index is 12.5. The summed E-state index contributed by atoms with van der Waals surface area (Å²) in [6.45, 7) is 3.17. The fourth-order valence-corrected chi connectivity index (χ4v) is 2.93. The van der Waals surface area contributed by atoms with Gasteiger partial charge in [-0.15, -0.1) is 5.10 Å². The van der Waals surface area contributed by atoms with Crippen LogP contribution < -0.4 is 10.3 Å². The summed E-state index contributed by atoms with van der Waals surface area (Å²) in [5.74, 6) is 1.35. The van der Waals surface area contributed by atoms with Crippen molar-refractivity contribution in [1.29, 1.82) is 0 Å². The predicted octanol–water partition coefficient (Wildman–Crippen LogP) is 2.00. The lowest BCUT2D eigenvalue weighted by Crippen LogP contribution is -2.14. The number of rotatable bonds is 5. The van der Waals surface area contributed by atoms with Crippen molar-refractivity contribution in [3.8, 4) is 17.1 Å². The fraction of sp³-hybridized carbons (Fsp3) is 0.222. The van der Waals surface area contributed by atoms with Gasteiger partial charge in [0.15, 0.2) is 0 Å². The zero-order valence-electron chi connectivity index (χ0n) is 14.5. The average molecular weight is 350 g/mol. The van der Waals surface area contributed by atoms with E-state index in [-0.39, 0.29) is 5.56 Å². The summed E-state index contributed by atoms with van der Waals surface area (Å²) in [5, 5.41) is 8.92. The van der Waals surface area contributed by atoms with Crippen LogP contribution in [0.1, 0.15) is 5.69 Å². The van der Waals surface area contributed by atoms with Gasteiger partial charge >= 0.3 is 0 Å². The van der Waals surface area contributed by atoms with E-state index in [1.807, 2.05) is 48.1 Å².